The fourth-order valence-corrected chi connectivity index (χ4v) is 6.77. The third kappa shape index (κ3) is 1.35. The van der Waals surface area contributed by atoms with Crippen LogP contribution in [-0.2, 0) is 24.2 Å². The number of hydrogen-bond donors (Lipinski definition) is 0. The molecule has 0 N–H and O–H groups in total. The summed E-state index contributed by atoms with van der Waals surface area (Å²) in [5, 5.41) is -1.13. The molecule has 2 aliphatic rings. The van der Waals surface area contributed by atoms with Crippen LogP contribution < -0.4 is 0 Å². The lowest BCUT2D eigenvalue weighted by atomic mass is 9.98. The molecule has 0 unspecified atom stereocenters. The summed E-state index contributed by atoms with van der Waals surface area (Å²) < 4.78 is 26.3. The topological polar surface area (TPSA) is 80.8 Å². The minimum absolute atomic E-state index is 0.517. The molecular weight excluding hydrogens is 394 g/mol. The highest BCUT2D eigenvalue weighted by atomic mass is 79.9. The number of fused-ring (bicyclic) bond motifs is 1. The molecule has 101 valence electrons. The first-order valence-electron chi connectivity index (χ1n) is 4.91. The molecule has 18 heavy (non-hydrogen) atoms. The van der Waals surface area contributed by atoms with Crippen molar-refractivity contribution in [1.29, 1.82) is 0 Å². The van der Waals surface area contributed by atoms with Crippen LogP contribution in [0.5, 0.6) is 0 Å². The summed E-state index contributed by atoms with van der Waals surface area (Å²) in [4.78, 5) is 24.6. The number of rotatable bonds is 1. The Morgan fingerprint density at radius 1 is 1.44 bits per heavy atom. The molecule has 1 amide bonds. The quantitative estimate of drug-likeness (QED) is 0.363. The zero-order valence-corrected chi connectivity index (χ0v) is 13.5. The molecule has 0 aliphatic carbocycles. The van der Waals surface area contributed by atoms with Gasteiger partial charge in [0.25, 0.3) is 5.91 Å². The minimum atomic E-state index is -3.73. The molecule has 1 radical (unpaired) electrons. The number of sulfone groups is 1. The van der Waals surface area contributed by atoms with Gasteiger partial charge in [-0.25, -0.2) is 13.2 Å². The molecule has 0 spiro atoms. The standard InChI is InChI=1S/C9H10Br2NO5S/c1-8(2)4(5(13)17-3)12-6(14)9(10,11)7(12)18(8,15)16/h4,7H,3H2,1-2H3/t4-,7+/m0/s1. The van der Waals surface area contributed by atoms with Gasteiger partial charge in [-0.1, -0.05) is 31.9 Å². The molecular formula is C9H10Br2NO5S. The second-order valence-electron chi connectivity index (χ2n) is 4.70. The van der Waals surface area contributed by atoms with Gasteiger partial charge in [0.15, 0.2) is 18.4 Å². The van der Waals surface area contributed by atoms with Gasteiger partial charge < -0.3 is 9.64 Å². The fourth-order valence-electron chi connectivity index (χ4n) is 2.34. The second-order valence-corrected chi connectivity index (χ2v) is 10.9. The van der Waals surface area contributed by atoms with Crippen molar-refractivity contribution in [3.63, 3.8) is 0 Å². The van der Waals surface area contributed by atoms with Crippen LogP contribution >= 0.6 is 31.9 Å². The van der Waals surface area contributed by atoms with Crippen molar-refractivity contribution in [2.24, 2.45) is 0 Å². The normalized spacial score (nSPS) is 34.7. The van der Waals surface area contributed by atoms with E-state index in [-0.39, 0.29) is 0 Å². The first kappa shape index (κ1) is 14.3. The predicted octanol–water partition coefficient (Wildman–Crippen LogP) is 0.551. The van der Waals surface area contributed by atoms with Crippen LogP contribution in [0.4, 0.5) is 0 Å². The molecule has 0 bridgehead atoms. The van der Waals surface area contributed by atoms with E-state index in [1.54, 1.807) is 0 Å². The zero-order chi connectivity index (χ0) is 14.1. The third-order valence-electron chi connectivity index (χ3n) is 3.41. The van der Waals surface area contributed by atoms with Gasteiger partial charge in [0.1, 0.15) is 17.9 Å². The molecule has 2 rings (SSSR count). The molecule has 0 saturated carbocycles. The first-order chi connectivity index (χ1) is 8.01. The van der Waals surface area contributed by atoms with E-state index in [0.717, 1.165) is 4.90 Å². The van der Waals surface area contributed by atoms with Crippen LogP contribution in [-0.4, -0.2) is 44.6 Å². The van der Waals surface area contributed by atoms with Gasteiger partial charge >= 0.3 is 5.97 Å². The highest BCUT2D eigenvalue weighted by molar-refractivity contribution is 9.26. The largest absolute Gasteiger partial charge is 0.460 e. The van der Waals surface area contributed by atoms with E-state index in [1.165, 1.54) is 13.8 Å². The Hall–Kier alpha value is -0.150. The van der Waals surface area contributed by atoms with Crippen LogP contribution in [0.3, 0.4) is 0 Å². The summed E-state index contributed by atoms with van der Waals surface area (Å²) in [6.07, 6.45) is 0. The molecule has 0 aromatic heterocycles. The number of β-lactam (4-membered cyclic amide) rings is 1. The van der Waals surface area contributed by atoms with Gasteiger partial charge in [-0.3, -0.25) is 4.79 Å². The van der Waals surface area contributed by atoms with Gasteiger partial charge in [-0.2, -0.15) is 0 Å². The van der Waals surface area contributed by atoms with Gasteiger partial charge in [0.05, 0.1) is 0 Å². The highest BCUT2D eigenvalue weighted by Gasteiger charge is 2.77. The lowest BCUT2D eigenvalue weighted by molar-refractivity contribution is -0.158. The average Bonchev–Trinajstić information content (AvgIpc) is 2.41. The van der Waals surface area contributed by atoms with Crippen LogP contribution in [0.15, 0.2) is 0 Å². The molecule has 2 aliphatic heterocycles. The van der Waals surface area contributed by atoms with Crippen LogP contribution in [0, 0.1) is 7.11 Å². The summed E-state index contributed by atoms with van der Waals surface area (Å²) >= 11 is 6.08. The Balaban J connectivity index is 2.61. The van der Waals surface area contributed by atoms with Crippen molar-refractivity contribution in [3.05, 3.63) is 7.11 Å². The lowest BCUT2D eigenvalue weighted by Crippen LogP contribution is -2.69. The van der Waals surface area contributed by atoms with E-state index in [2.05, 4.69) is 43.7 Å². The molecule has 6 nitrogen and oxygen atoms in total. The Labute approximate surface area is 121 Å². The van der Waals surface area contributed by atoms with Crippen LogP contribution in [0.25, 0.3) is 0 Å². The Morgan fingerprint density at radius 2 is 1.94 bits per heavy atom. The number of alkyl halides is 2. The molecule has 2 heterocycles. The van der Waals surface area contributed by atoms with Gasteiger partial charge in [-0.05, 0) is 13.8 Å². The van der Waals surface area contributed by atoms with E-state index < -0.39 is 41.1 Å². The van der Waals surface area contributed by atoms with Crippen molar-refractivity contribution in [2.45, 2.75) is 33.2 Å². The van der Waals surface area contributed by atoms with Crippen molar-refractivity contribution < 1.29 is 22.7 Å². The molecule has 0 aromatic rings. The fraction of sp³-hybridized carbons (Fsp3) is 0.667. The summed E-state index contributed by atoms with van der Waals surface area (Å²) in [6, 6.07) is -1.18. The van der Waals surface area contributed by atoms with Crippen molar-refractivity contribution in [1.82, 2.24) is 4.90 Å². The molecule has 2 saturated heterocycles. The SMILES string of the molecule is [CH2]OC(=O)[C@@H]1N2C(=O)C(Br)(Br)[C@H]2S(=O)(=O)C1(C)C. The number of carbonyl (C=O) groups excluding carboxylic acids is 2. The highest BCUT2D eigenvalue weighted by Crippen LogP contribution is 2.56. The van der Waals surface area contributed by atoms with E-state index in [0.29, 0.717) is 0 Å². The number of hydrogen-bond acceptors (Lipinski definition) is 5. The number of esters is 1. The van der Waals surface area contributed by atoms with E-state index in [9.17, 15) is 18.0 Å². The number of ether oxygens (including phenoxy) is 1. The Bertz CT molecular complexity index is 541. The number of nitrogens with zero attached hydrogens (tertiary/aromatic N) is 1. The third-order valence-corrected chi connectivity index (χ3v) is 8.42. The molecule has 9 heteroatoms. The van der Waals surface area contributed by atoms with E-state index in [4.69, 9.17) is 0 Å². The minimum Gasteiger partial charge on any atom is -0.460 e. The zero-order valence-electron chi connectivity index (χ0n) is 9.51. The van der Waals surface area contributed by atoms with Gasteiger partial charge in [0, 0.05) is 0 Å². The van der Waals surface area contributed by atoms with Gasteiger partial charge in [0.2, 0.25) is 0 Å². The Morgan fingerprint density at radius 3 is 2.39 bits per heavy atom. The predicted molar refractivity (Wildman–Crippen MR) is 69.5 cm³/mol. The van der Waals surface area contributed by atoms with Crippen molar-refractivity contribution >= 4 is 53.6 Å². The maximum Gasteiger partial charge on any atom is 0.330 e. The number of amides is 1. The monoisotopic (exact) mass is 402 g/mol. The molecule has 0 aromatic carbocycles. The average molecular weight is 404 g/mol. The first-order valence-corrected chi connectivity index (χ1v) is 8.04. The van der Waals surface area contributed by atoms with Crippen molar-refractivity contribution in [3.8, 4) is 0 Å². The van der Waals surface area contributed by atoms with E-state index >= 15 is 0 Å². The number of carbonyl (C=O) groups is 2. The van der Waals surface area contributed by atoms with Gasteiger partial charge in [-0.15, -0.1) is 0 Å². The Kier molecular flexibility index (Phi) is 2.93. The summed E-state index contributed by atoms with van der Waals surface area (Å²) in [5.41, 5.74) is 0. The smallest absolute Gasteiger partial charge is 0.330 e. The maximum atomic E-state index is 12.4. The maximum absolute atomic E-state index is 12.4. The van der Waals surface area contributed by atoms with Crippen LogP contribution in [0.2, 0.25) is 0 Å². The lowest BCUT2D eigenvalue weighted by Gasteiger charge is -2.45. The number of halogens is 2. The second kappa shape index (κ2) is 3.69. The van der Waals surface area contributed by atoms with E-state index in [1.807, 2.05) is 0 Å². The molecule has 2 fully saturated rings. The van der Waals surface area contributed by atoms with Crippen molar-refractivity contribution in [2.75, 3.05) is 0 Å². The van der Waals surface area contributed by atoms with Crippen LogP contribution in [0.1, 0.15) is 13.8 Å². The molecule has 2 atom stereocenters. The summed E-state index contributed by atoms with van der Waals surface area (Å²) in [6.45, 7) is 2.79. The summed E-state index contributed by atoms with van der Waals surface area (Å²) in [7, 11) is -0.745. The summed E-state index contributed by atoms with van der Waals surface area (Å²) in [5.74, 6) is -1.35.